The van der Waals surface area contributed by atoms with Crippen molar-refractivity contribution in [1.29, 1.82) is 0 Å². The number of nitrogens with zero attached hydrogens (tertiary/aromatic N) is 3. The van der Waals surface area contributed by atoms with Crippen molar-refractivity contribution in [3.05, 3.63) is 68.2 Å². The summed E-state index contributed by atoms with van der Waals surface area (Å²) in [6, 6.07) is 8.90. The van der Waals surface area contributed by atoms with E-state index in [1.807, 2.05) is 0 Å². The van der Waals surface area contributed by atoms with Crippen LogP contribution in [-0.2, 0) is 26.2 Å². The number of nitro groups is 1. The van der Waals surface area contributed by atoms with E-state index in [0.717, 1.165) is 48.7 Å². The summed E-state index contributed by atoms with van der Waals surface area (Å²) in [7, 11) is -4.03. The molecule has 1 aliphatic rings. The van der Waals surface area contributed by atoms with Gasteiger partial charge in [-0.2, -0.15) is 0 Å². The quantitative estimate of drug-likeness (QED) is 0.288. The Morgan fingerprint density at radius 3 is 2.41 bits per heavy atom. The Labute approximate surface area is 238 Å². The van der Waals surface area contributed by atoms with Gasteiger partial charge < -0.3 is 10.2 Å². The Balaban J connectivity index is 1.96. The van der Waals surface area contributed by atoms with Gasteiger partial charge in [-0.05, 0) is 43.0 Å². The van der Waals surface area contributed by atoms with E-state index in [4.69, 9.17) is 23.2 Å². The molecular weight excluding hydrogens is 567 g/mol. The summed E-state index contributed by atoms with van der Waals surface area (Å²) < 4.78 is 26.3. The molecule has 0 bridgehead atoms. The molecule has 1 fully saturated rings. The van der Waals surface area contributed by atoms with Crippen molar-refractivity contribution in [2.45, 2.75) is 64.1 Å². The second-order valence-electron chi connectivity index (χ2n) is 9.57. The fraction of sp³-hybridized carbons (Fsp3) is 0.462. The van der Waals surface area contributed by atoms with Crippen LogP contribution in [0.15, 0.2) is 42.5 Å². The first-order chi connectivity index (χ1) is 18.4. The predicted octanol–water partition coefficient (Wildman–Crippen LogP) is 4.92. The molecule has 0 spiro atoms. The molecule has 0 unspecified atom stereocenters. The molecule has 0 saturated heterocycles. The van der Waals surface area contributed by atoms with Crippen LogP contribution in [0.2, 0.25) is 10.0 Å². The third kappa shape index (κ3) is 8.30. The second kappa shape index (κ2) is 13.5. The average Bonchev–Trinajstić information content (AvgIpc) is 2.88. The molecule has 0 radical (unpaired) electrons. The minimum atomic E-state index is -4.03. The number of carbonyl (C=O) groups excluding carboxylic acids is 2. The van der Waals surface area contributed by atoms with Gasteiger partial charge in [0.2, 0.25) is 21.8 Å². The lowest BCUT2D eigenvalue weighted by molar-refractivity contribution is -0.384. The van der Waals surface area contributed by atoms with Gasteiger partial charge in [-0.15, -0.1) is 0 Å². The number of nitrogens with one attached hydrogen (secondary N) is 1. The molecule has 2 aromatic carbocycles. The SMILES string of the molecule is CC[C@@H](C(=O)NC1CCCCC1)N(Cc1ccc(Cl)cc1Cl)C(=O)CN(c1cccc([N+](=O)[O-])c1)S(C)(=O)=O. The smallest absolute Gasteiger partial charge is 0.271 e. The molecule has 0 heterocycles. The highest BCUT2D eigenvalue weighted by atomic mass is 35.5. The highest BCUT2D eigenvalue weighted by molar-refractivity contribution is 7.92. The van der Waals surface area contributed by atoms with Crippen LogP contribution in [0.3, 0.4) is 0 Å². The van der Waals surface area contributed by atoms with Crippen LogP contribution in [0.4, 0.5) is 11.4 Å². The van der Waals surface area contributed by atoms with Gasteiger partial charge in [0, 0.05) is 34.8 Å². The number of nitro benzene ring substituents is 1. The van der Waals surface area contributed by atoms with Gasteiger partial charge in [-0.1, -0.05) is 61.5 Å². The number of rotatable bonds is 11. The summed E-state index contributed by atoms with van der Waals surface area (Å²) in [6.07, 6.45) is 6.02. The molecule has 3 rings (SSSR count). The van der Waals surface area contributed by atoms with Crippen LogP contribution in [0, 0.1) is 10.1 Å². The van der Waals surface area contributed by atoms with Crippen molar-refractivity contribution in [2.75, 3.05) is 17.1 Å². The van der Waals surface area contributed by atoms with E-state index in [1.54, 1.807) is 19.1 Å². The second-order valence-corrected chi connectivity index (χ2v) is 12.3. The van der Waals surface area contributed by atoms with Crippen molar-refractivity contribution in [3.63, 3.8) is 0 Å². The van der Waals surface area contributed by atoms with E-state index in [-0.39, 0.29) is 36.3 Å². The summed E-state index contributed by atoms with van der Waals surface area (Å²) >= 11 is 12.4. The summed E-state index contributed by atoms with van der Waals surface area (Å²) in [4.78, 5) is 39.2. The molecule has 1 atom stereocenters. The van der Waals surface area contributed by atoms with E-state index >= 15 is 0 Å². The van der Waals surface area contributed by atoms with Crippen LogP contribution in [0.5, 0.6) is 0 Å². The highest BCUT2D eigenvalue weighted by Gasteiger charge is 2.33. The molecule has 10 nitrogen and oxygen atoms in total. The molecule has 1 aliphatic carbocycles. The number of halogens is 2. The lowest BCUT2D eigenvalue weighted by Gasteiger charge is -2.34. The number of amides is 2. The lowest BCUT2D eigenvalue weighted by atomic mass is 9.95. The first-order valence-corrected chi connectivity index (χ1v) is 15.3. The zero-order valence-electron chi connectivity index (χ0n) is 21.8. The number of sulfonamides is 1. The molecule has 2 aromatic rings. The Morgan fingerprint density at radius 2 is 1.82 bits per heavy atom. The van der Waals surface area contributed by atoms with Gasteiger partial charge in [-0.3, -0.25) is 24.0 Å². The molecule has 0 aromatic heterocycles. The average molecular weight is 600 g/mol. The van der Waals surface area contributed by atoms with E-state index < -0.39 is 33.4 Å². The van der Waals surface area contributed by atoms with Crippen LogP contribution >= 0.6 is 23.2 Å². The number of non-ortho nitro benzene ring substituents is 1. The molecule has 1 N–H and O–H groups in total. The van der Waals surface area contributed by atoms with E-state index in [9.17, 15) is 28.1 Å². The monoisotopic (exact) mass is 598 g/mol. The van der Waals surface area contributed by atoms with Crippen molar-refractivity contribution in [1.82, 2.24) is 10.2 Å². The molecule has 39 heavy (non-hydrogen) atoms. The minimum absolute atomic E-state index is 0.00811. The number of anilines is 1. The third-order valence-electron chi connectivity index (χ3n) is 6.70. The van der Waals surface area contributed by atoms with Crippen molar-refractivity contribution in [3.8, 4) is 0 Å². The summed E-state index contributed by atoms with van der Waals surface area (Å²) in [6.45, 7) is 1.03. The fourth-order valence-corrected chi connectivity index (χ4v) is 5.98. The van der Waals surface area contributed by atoms with Gasteiger partial charge in [0.05, 0.1) is 16.9 Å². The van der Waals surface area contributed by atoms with Crippen LogP contribution in [0.25, 0.3) is 0 Å². The summed E-state index contributed by atoms with van der Waals surface area (Å²) in [5.41, 5.74) is 0.167. The maximum atomic E-state index is 13.8. The van der Waals surface area contributed by atoms with Crippen molar-refractivity contribution in [2.24, 2.45) is 0 Å². The number of carbonyl (C=O) groups is 2. The van der Waals surface area contributed by atoms with Crippen molar-refractivity contribution < 1.29 is 22.9 Å². The number of hydrogen-bond donors (Lipinski definition) is 1. The van der Waals surface area contributed by atoms with Gasteiger partial charge in [0.25, 0.3) is 5.69 Å². The maximum absolute atomic E-state index is 13.8. The number of hydrogen-bond acceptors (Lipinski definition) is 6. The van der Waals surface area contributed by atoms with Crippen LogP contribution < -0.4 is 9.62 Å². The normalized spacial score (nSPS) is 14.9. The molecule has 212 valence electrons. The van der Waals surface area contributed by atoms with Crippen molar-refractivity contribution >= 4 is 56.4 Å². The molecule has 13 heteroatoms. The van der Waals surface area contributed by atoms with E-state index in [1.165, 1.54) is 29.2 Å². The van der Waals surface area contributed by atoms with Gasteiger partial charge in [0.15, 0.2) is 0 Å². The Kier molecular flexibility index (Phi) is 10.6. The molecular formula is C26H32Cl2N4O6S. The Hall–Kier alpha value is -2.89. The minimum Gasteiger partial charge on any atom is -0.352 e. The van der Waals surface area contributed by atoms with Gasteiger partial charge >= 0.3 is 0 Å². The number of benzene rings is 2. The van der Waals surface area contributed by atoms with Crippen LogP contribution in [0.1, 0.15) is 51.0 Å². The molecule has 2 amide bonds. The van der Waals surface area contributed by atoms with E-state index in [0.29, 0.717) is 15.6 Å². The molecule has 0 aliphatic heterocycles. The third-order valence-corrected chi connectivity index (χ3v) is 8.43. The zero-order valence-corrected chi connectivity index (χ0v) is 24.1. The van der Waals surface area contributed by atoms with Crippen LogP contribution in [-0.4, -0.2) is 54.9 Å². The van der Waals surface area contributed by atoms with Gasteiger partial charge in [0.1, 0.15) is 12.6 Å². The largest absolute Gasteiger partial charge is 0.352 e. The topological polar surface area (TPSA) is 130 Å². The summed E-state index contributed by atoms with van der Waals surface area (Å²) in [5, 5.41) is 15.0. The first-order valence-electron chi connectivity index (χ1n) is 12.7. The zero-order chi connectivity index (χ0) is 28.7. The first kappa shape index (κ1) is 30.6. The fourth-order valence-electron chi connectivity index (χ4n) is 4.67. The Bertz CT molecular complexity index is 1320. The lowest BCUT2D eigenvalue weighted by Crippen LogP contribution is -2.54. The highest BCUT2D eigenvalue weighted by Crippen LogP contribution is 2.27. The summed E-state index contributed by atoms with van der Waals surface area (Å²) in [5.74, 6) is -0.993. The predicted molar refractivity (Wildman–Crippen MR) is 151 cm³/mol. The Morgan fingerprint density at radius 1 is 1.13 bits per heavy atom. The van der Waals surface area contributed by atoms with Gasteiger partial charge in [-0.25, -0.2) is 8.42 Å². The maximum Gasteiger partial charge on any atom is 0.271 e. The molecule has 1 saturated carbocycles. The standard InChI is InChI=1S/C26H32Cl2N4O6S/c1-3-24(26(34)29-20-8-5-4-6-9-20)30(16-18-12-13-19(27)14-23(18)28)25(33)17-31(39(2,37)38)21-10-7-11-22(15-21)32(35)36/h7,10-15,20,24H,3-6,8-9,16-17H2,1-2H3,(H,29,34)/t24-/m0/s1. The van der Waals surface area contributed by atoms with E-state index in [2.05, 4.69) is 5.32 Å².